The van der Waals surface area contributed by atoms with Gasteiger partial charge in [0.2, 0.25) is 0 Å². The van der Waals surface area contributed by atoms with E-state index in [0.29, 0.717) is 21.4 Å². The maximum Gasteiger partial charge on any atom is 0.261 e. The van der Waals surface area contributed by atoms with Crippen molar-refractivity contribution in [1.29, 1.82) is 0 Å². The third kappa shape index (κ3) is 4.30. The highest BCUT2D eigenvalue weighted by atomic mass is 35.5. The Morgan fingerprint density at radius 2 is 1.43 bits per heavy atom. The first-order chi connectivity index (χ1) is 14.5. The highest BCUT2D eigenvalue weighted by molar-refractivity contribution is 6.36. The summed E-state index contributed by atoms with van der Waals surface area (Å²) in [6, 6.07) is 25.8. The number of benzene rings is 3. The number of carbonyl (C=O) groups is 1. The molecular weight excluding hydrogens is 419 g/mol. The van der Waals surface area contributed by atoms with Crippen LogP contribution < -0.4 is 10.9 Å². The highest BCUT2D eigenvalue weighted by Crippen LogP contribution is 2.26. The lowest BCUT2D eigenvalue weighted by molar-refractivity contribution is 0.102. The Bertz CT molecular complexity index is 1270. The summed E-state index contributed by atoms with van der Waals surface area (Å²) in [6.07, 6.45) is 0. The Morgan fingerprint density at radius 3 is 2.10 bits per heavy atom. The van der Waals surface area contributed by atoms with Crippen LogP contribution in [0.2, 0.25) is 10.0 Å². The van der Waals surface area contributed by atoms with Gasteiger partial charge in [0.15, 0.2) is 0 Å². The minimum absolute atomic E-state index is 0.00864. The first-order valence-electron chi connectivity index (χ1n) is 9.17. The SMILES string of the molecule is O=C(Nc1ccc(Cl)cc1Cl)c1ccc(-c2ccc(-c3ccccc3)cc2)[nH]c1=O. The summed E-state index contributed by atoms with van der Waals surface area (Å²) in [5, 5.41) is 3.38. The number of pyridine rings is 1. The van der Waals surface area contributed by atoms with Crippen LogP contribution in [0.15, 0.2) is 89.7 Å². The van der Waals surface area contributed by atoms with E-state index < -0.39 is 11.5 Å². The van der Waals surface area contributed by atoms with E-state index in [1.54, 1.807) is 18.2 Å². The number of carbonyl (C=O) groups excluding carboxylic acids is 1. The third-order valence-electron chi connectivity index (χ3n) is 4.64. The van der Waals surface area contributed by atoms with Gasteiger partial charge in [-0.3, -0.25) is 9.59 Å². The minimum atomic E-state index is -0.550. The number of nitrogens with one attached hydrogen (secondary N) is 2. The molecule has 3 aromatic carbocycles. The summed E-state index contributed by atoms with van der Waals surface area (Å²) in [6.45, 7) is 0. The van der Waals surface area contributed by atoms with Crippen molar-refractivity contribution in [2.45, 2.75) is 0 Å². The molecule has 1 aromatic heterocycles. The first-order valence-corrected chi connectivity index (χ1v) is 9.92. The molecule has 30 heavy (non-hydrogen) atoms. The van der Waals surface area contributed by atoms with Gasteiger partial charge in [-0.2, -0.15) is 0 Å². The molecule has 4 nitrogen and oxygen atoms in total. The first kappa shape index (κ1) is 20.0. The molecule has 0 spiro atoms. The standard InChI is InChI=1S/C24H16Cl2N2O2/c25-18-10-12-22(20(26)14-18)28-24(30)19-11-13-21(27-23(19)29)17-8-6-16(7-9-17)15-4-2-1-3-5-15/h1-14H,(H,27,29)(H,28,30). The van der Waals surface area contributed by atoms with Gasteiger partial charge in [0, 0.05) is 10.7 Å². The second kappa shape index (κ2) is 8.57. The fourth-order valence-corrected chi connectivity index (χ4v) is 3.53. The summed E-state index contributed by atoms with van der Waals surface area (Å²) >= 11 is 11.9. The number of anilines is 1. The lowest BCUT2D eigenvalue weighted by Gasteiger charge is -2.08. The largest absolute Gasteiger partial charge is 0.321 e. The van der Waals surface area contributed by atoms with E-state index >= 15 is 0 Å². The number of hydrogen-bond donors (Lipinski definition) is 2. The van der Waals surface area contributed by atoms with Gasteiger partial charge in [0.05, 0.1) is 10.7 Å². The van der Waals surface area contributed by atoms with E-state index in [1.807, 2.05) is 54.6 Å². The molecule has 4 aromatic rings. The van der Waals surface area contributed by atoms with E-state index in [-0.39, 0.29) is 5.56 Å². The maximum atomic E-state index is 12.5. The van der Waals surface area contributed by atoms with Gasteiger partial charge < -0.3 is 10.3 Å². The van der Waals surface area contributed by atoms with Crippen molar-refractivity contribution in [1.82, 2.24) is 4.98 Å². The van der Waals surface area contributed by atoms with Gasteiger partial charge >= 0.3 is 0 Å². The van der Waals surface area contributed by atoms with Crippen molar-refractivity contribution in [3.63, 3.8) is 0 Å². The molecular formula is C24H16Cl2N2O2. The van der Waals surface area contributed by atoms with Crippen molar-refractivity contribution in [2.75, 3.05) is 5.32 Å². The molecule has 0 aliphatic rings. The van der Waals surface area contributed by atoms with Crippen LogP contribution in [0, 0.1) is 0 Å². The summed E-state index contributed by atoms with van der Waals surface area (Å²) in [5.41, 5.74) is 3.56. The molecule has 148 valence electrons. The Hall–Kier alpha value is -3.34. The average molecular weight is 435 g/mol. The molecule has 2 N–H and O–H groups in total. The number of rotatable bonds is 4. The van der Waals surface area contributed by atoms with Crippen molar-refractivity contribution in [3.8, 4) is 22.4 Å². The predicted molar refractivity (Wildman–Crippen MR) is 122 cm³/mol. The van der Waals surface area contributed by atoms with Gasteiger partial charge in [-0.05, 0) is 47.0 Å². The van der Waals surface area contributed by atoms with Crippen LogP contribution in [-0.2, 0) is 0 Å². The number of H-pyrrole nitrogens is 1. The van der Waals surface area contributed by atoms with Gasteiger partial charge in [-0.1, -0.05) is 77.8 Å². The molecule has 4 rings (SSSR count). The number of amides is 1. The fraction of sp³-hybridized carbons (Fsp3) is 0. The molecule has 0 bridgehead atoms. The van der Waals surface area contributed by atoms with Crippen molar-refractivity contribution < 1.29 is 4.79 Å². The number of aromatic nitrogens is 1. The molecule has 0 fully saturated rings. The van der Waals surface area contributed by atoms with Crippen molar-refractivity contribution in [2.24, 2.45) is 0 Å². The monoisotopic (exact) mass is 434 g/mol. The topological polar surface area (TPSA) is 62.0 Å². The molecule has 0 saturated heterocycles. The van der Waals surface area contributed by atoms with Gasteiger partial charge in [0.25, 0.3) is 11.5 Å². The zero-order valence-corrected chi connectivity index (χ0v) is 17.2. The van der Waals surface area contributed by atoms with Crippen molar-refractivity contribution >= 4 is 34.8 Å². The van der Waals surface area contributed by atoms with Crippen LogP contribution in [-0.4, -0.2) is 10.9 Å². The van der Waals surface area contributed by atoms with Crippen LogP contribution in [0.25, 0.3) is 22.4 Å². The number of aromatic amines is 1. The normalized spacial score (nSPS) is 10.6. The average Bonchev–Trinajstić information content (AvgIpc) is 2.76. The van der Waals surface area contributed by atoms with Gasteiger partial charge in [0.1, 0.15) is 5.56 Å². The van der Waals surface area contributed by atoms with E-state index in [0.717, 1.165) is 16.7 Å². The van der Waals surface area contributed by atoms with Crippen molar-refractivity contribution in [3.05, 3.63) is 111 Å². The zero-order chi connectivity index (χ0) is 21.1. The molecule has 1 heterocycles. The van der Waals surface area contributed by atoms with Crippen LogP contribution in [0.3, 0.4) is 0 Å². The molecule has 0 radical (unpaired) electrons. The van der Waals surface area contributed by atoms with Crippen LogP contribution >= 0.6 is 23.2 Å². The Balaban J connectivity index is 1.55. The number of hydrogen-bond acceptors (Lipinski definition) is 2. The minimum Gasteiger partial charge on any atom is -0.321 e. The predicted octanol–water partition coefficient (Wildman–Crippen LogP) is 6.27. The highest BCUT2D eigenvalue weighted by Gasteiger charge is 2.13. The summed E-state index contributed by atoms with van der Waals surface area (Å²) < 4.78 is 0. The molecule has 1 amide bonds. The lowest BCUT2D eigenvalue weighted by Crippen LogP contribution is -2.23. The molecule has 0 unspecified atom stereocenters. The zero-order valence-electron chi connectivity index (χ0n) is 15.7. The Morgan fingerprint density at radius 1 is 0.767 bits per heavy atom. The van der Waals surface area contributed by atoms with E-state index in [2.05, 4.69) is 10.3 Å². The Kier molecular flexibility index (Phi) is 5.70. The molecule has 0 atom stereocenters. The van der Waals surface area contributed by atoms with Crippen LogP contribution in [0.5, 0.6) is 0 Å². The quantitative estimate of drug-likeness (QED) is 0.397. The molecule has 6 heteroatoms. The van der Waals surface area contributed by atoms with Crippen LogP contribution in [0.4, 0.5) is 5.69 Å². The smallest absolute Gasteiger partial charge is 0.261 e. The summed E-state index contributed by atoms with van der Waals surface area (Å²) in [5.74, 6) is -0.550. The van der Waals surface area contributed by atoms with Gasteiger partial charge in [-0.25, -0.2) is 0 Å². The second-order valence-electron chi connectivity index (χ2n) is 6.64. The Labute approximate surface area is 183 Å². The van der Waals surface area contributed by atoms with E-state index in [9.17, 15) is 9.59 Å². The lowest BCUT2D eigenvalue weighted by atomic mass is 10.0. The van der Waals surface area contributed by atoms with E-state index in [4.69, 9.17) is 23.2 Å². The second-order valence-corrected chi connectivity index (χ2v) is 7.48. The number of halogens is 2. The molecule has 0 aliphatic heterocycles. The molecule has 0 aliphatic carbocycles. The van der Waals surface area contributed by atoms with E-state index in [1.165, 1.54) is 12.1 Å². The third-order valence-corrected chi connectivity index (χ3v) is 5.18. The van der Waals surface area contributed by atoms with Crippen LogP contribution in [0.1, 0.15) is 10.4 Å². The summed E-state index contributed by atoms with van der Waals surface area (Å²) in [4.78, 5) is 27.8. The van der Waals surface area contributed by atoms with Gasteiger partial charge in [-0.15, -0.1) is 0 Å². The molecule has 0 saturated carbocycles. The fourth-order valence-electron chi connectivity index (χ4n) is 3.07. The summed E-state index contributed by atoms with van der Waals surface area (Å²) in [7, 11) is 0. The maximum absolute atomic E-state index is 12.5.